The number of carbonyl (C=O) groups excluding carboxylic acids is 3. The fraction of sp³-hybridized carbons (Fsp3) is 0.552. The lowest BCUT2D eigenvalue weighted by molar-refractivity contribution is -0.160. The van der Waals surface area contributed by atoms with E-state index in [1.165, 1.54) is 0 Å². The molecule has 1 aliphatic heterocycles. The summed E-state index contributed by atoms with van der Waals surface area (Å²) in [7, 11) is 0. The summed E-state index contributed by atoms with van der Waals surface area (Å²) in [5.41, 5.74) is -0.851. The molecule has 4 atom stereocenters. The lowest BCUT2D eigenvalue weighted by Crippen LogP contribution is -2.54. The second kappa shape index (κ2) is 11.7. The third kappa shape index (κ3) is 7.68. The van der Waals surface area contributed by atoms with Crippen molar-refractivity contribution in [3.05, 3.63) is 48.0 Å². The number of carbonyl (C=O) groups is 3. The van der Waals surface area contributed by atoms with Gasteiger partial charge in [-0.25, -0.2) is 14.4 Å². The van der Waals surface area contributed by atoms with Crippen LogP contribution < -0.4 is 0 Å². The smallest absolute Gasteiger partial charge is 0.420 e. The van der Waals surface area contributed by atoms with Crippen molar-refractivity contribution in [1.29, 1.82) is 0 Å². The van der Waals surface area contributed by atoms with E-state index in [-0.39, 0.29) is 13.2 Å². The molecule has 1 fully saturated rings. The first kappa shape index (κ1) is 29.4. The van der Waals surface area contributed by atoms with Crippen LogP contribution in [0.2, 0.25) is 0 Å². The van der Waals surface area contributed by atoms with Crippen molar-refractivity contribution < 1.29 is 38.4 Å². The summed E-state index contributed by atoms with van der Waals surface area (Å²) in [6.45, 7) is 11.2. The topological polar surface area (TPSA) is 112 Å². The molecule has 3 rings (SSSR count). The third-order valence-electron chi connectivity index (χ3n) is 6.00. The third-order valence-corrected chi connectivity index (χ3v) is 6.00. The number of hydrogen-bond acceptors (Lipinski definition) is 8. The number of aliphatic hydroxyl groups excluding tert-OH is 1. The molecule has 208 valence electrons. The zero-order valence-corrected chi connectivity index (χ0v) is 23.2. The molecule has 2 amide bonds. The molecule has 0 aromatic heterocycles. The number of imide groups is 1. The molecule has 9 heteroatoms. The lowest BCUT2D eigenvalue weighted by Gasteiger charge is -2.32. The maximum atomic E-state index is 13.2. The first-order valence-electron chi connectivity index (χ1n) is 12.8. The quantitative estimate of drug-likeness (QED) is 0.443. The molecule has 9 nitrogen and oxygen atoms in total. The zero-order chi connectivity index (χ0) is 28.3. The molecule has 2 aromatic carbocycles. The highest BCUT2D eigenvalue weighted by atomic mass is 16.6. The highest BCUT2D eigenvalue weighted by Gasteiger charge is 2.43. The summed E-state index contributed by atoms with van der Waals surface area (Å²) < 4.78 is 22.2. The Bertz CT molecular complexity index is 1120. The van der Waals surface area contributed by atoms with Gasteiger partial charge in [0.1, 0.15) is 17.3 Å². The molecule has 0 unspecified atom stereocenters. The minimum absolute atomic E-state index is 0.0678. The molecule has 38 heavy (non-hydrogen) atoms. The zero-order valence-electron chi connectivity index (χ0n) is 23.2. The normalized spacial score (nSPS) is 23.0. The number of ether oxygens (including phenoxy) is 4. The number of fused-ring (bicyclic) bond motifs is 1. The summed E-state index contributed by atoms with van der Waals surface area (Å²) in [6.07, 6.45) is -3.62. The van der Waals surface area contributed by atoms with E-state index in [9.17, 15) is 19.5 Å². The Morgan fingerprint density at radius 1 is 0.947 bits per heavy atom. The Morgan fingerprint density at radius 2 is 1.53 bits per heavy atom. The van der Waals surface area contributed by atoms with E-state index in [1.54, 1.807) is 48.5 Å². The van der Waals surface area contributed by atoms with E-state index in [1.807, 2.05) is 42.5 Å². The van der Waals surface area contributed by atoms with E-state index in [0.717, 1.165) is 16.3 Å². The number of benzene rings is 2. The predicted molar refractivity (Wildman–Crippen MR) is 142 cm³/mol. The lowest BCUT2D eigenvalue weighted by atomic mass is 9.89. The molecule has 1 saturated heterocycles. The van der Waals surface area contributed by atoms with E-state index in [4.69, 9.17) is 18.9 Å². The number of aliphatic hydroxyl groups is 1. The fourth-order valence-corrected chi connectivity index (χ4v) is 4.28. The van der Waals surface area contributed by atoms with Gasteiger partial charge in [-0.3, -0.25) is 0 Å². The number of nitrogens with zero attached hydrogens (tertiary/aromatic N) is 1. The van der Waals surface area contributed by atoms with Crippen LogP contribution >= 0.6 is 0 Å². The Balaban J connectivity index is 1.88. The van der Waals surface area contributed by atoms with Crippen molar-refractivity contribution in [2.24, 2.45) is 5.92 Å². The number of hydrogen-bond donors (Lipinski definition) is 1. The van der Waals surface area contributed by atoms with E-state index in [2.05, 4.69) is 0 Å². The van der Waals surface area contributed by atoms with Crippen LogP contribution in [-0.2, 0) is 30.2 Å². The Hall–Kier alpha value is -3.17. The largest absolute Gasteiger partial charge is 0.458 e. The first-order valence-corrected chi connectivity index (χ1v) is 12.8. The van der Waals surface area contributed by atoms with E-state index < -0.39 is 53.5 Å². The van der Waals surface area contributed by atoms with E-state index in [0.29, 0.717) is 11.3 Å². The van der Waals surface area contributed by atoms with Crippen LogP contribution in [-0.4, -0.2) is 70.8 Å². The highest BCUT2D eigenvalue weighted by molar-refractivity contribution is 5.94. The van der Waals surface area contributed by atoms with Crippen molar-refractivity contribution in [1.82, 2.24) is 4.90 Å². The molecule has 1 N–H and O–H groups in total. The second-order valence-corrected chi connectivity index (χ2v) is 11.6. The van der Waals surface area contributed by atoms with Crippen molar-refractivity contribution in [2.45, 2.75) is 84.3 Å². The number of amides is 2. The van der Waals surface area contributed by atoms with Crippen LogP contribution in [0.4, 0.5) is 9.59 Å². The molecule has 1 heterocycles. The molecule has 0 radical (unpaired) electrons. The average Bonchev–Trinajstić information content (AvgIpc) is 2.83. The van der Waals surface area contributed by atoms with Crippen LogP contribution in [0.15, 0.2) is 42.5 Å². The van der Waals surface area contributed by atoms with E-state index >= 15 is 0 Å². The van der Waals surface area contributed by atoms with Gasteiger partial charge in [0.25, 0.3) is 0 Å². The number of cyclic esters (lactones) is 1. The highest BCUT2D eigenvalue weighted by Crippen LogP contribution is 2.26. The van der Waals surface area contributed by atoms with Crippen molar-refractivity contribution >= 4 is 28.9 Å². The first-order chi connectivity index (χ1) is 17.7. The van der Waals surface area contributed by atoms with Crippen LogP contribution in [0.1, 0.15) is 54.0 Å². The fourth-order valence-electron chi connectivity index (χ4n) is 4.28. The number of esters is 1. The Morgan fingerprint density at radius 3 is 2.13 bits per heavy atom. The van der Waals surface area contributed by atoms with Crippen molar-refractivity contribution in [3.8, 4) is 0 Å². The van der Waals surface area contributed by atoms with Gasteiger partial charge in [0, 0.05) is 5.92 Å². The SMILES string of the molecule is C[C@@H]1OC(=O)[C@@H](N(C(=O)OC(C)(C)C)C(=O)OC(C)(C)C)COC[C@H](Cc2cccc3ccccc23)[C@H]1O. The minimum Gasteiger partial charge on any atom is -0.458 e. The summed E-state index contributed by atoms with van der Waals surface area (Å²) in [6, 6.07) is 12.5. The molecular formula is C29H39NO8. The Labute approximate surface area is 224 Å². The van der Waals surface area contributed by atoms with Gasteiger partial charge < -0.3 is 24.1 Å². The van der Waals surface area contributed by atoms with Crippen LogP contribution in [0, 0.1) is 5.92 Å². The van der Waals surface area contributed by atoms with Gasteiger partial charge >= 0.3 is 18.2 Å². The van der Waals surface area contributed by atoms with Crippen molar-refractivity contribution in [3.63, 3.8) is 0 Å². The monoisotopic (exact) mass is 529 g/mol. The minimum atomic E-state index is -1.47. The maximum Gasteiger partial charge on any atom is 0.420 e. The second-order valence-electron chi connectivity index (χ2n) is 11.6. The number of rotatable bonds is 3. The molecule has 0 bridgehead atoms. The van der Waals surface area contributed by atoms with Gasteiger partial charge in [0.05, 0.1) is 19.3 Å². The van der Waals surface area contributed by atoms with Crippen LogP contribution in [0.5, 0.6) is 0 Å². The van der Waals surface area contributed by atoms with Gasteiger partial charge in [0.2, 0.25) is 0 Å². The average molecular weight is 530 g/mol. The predicted octanol–water partition coefficient (Wildman–Crippen LogP) is 4.86. The summed E-state index contributed by atoms with van der Waals surface area (Å²) in [4.78, 5) is 40.0. The summed E-state index contributed by atoms with van der Waals surface area (Å²) >= 11 is 0. The van der Waals surface area contributed by atoms with Gasteiger partial charge in [-0.1, -0.05) is 42.5 Å². The molecule has 1 aliphatic rings. The summed E-state index contributed by atoms with van der Waals surface area (Å²) in [5, 5.41) is 13.3. The van der Waals surface area contributed by atoms with Gasteiger partial charge in [0.15, 0.2) is 6.04 Å². The molecule has 0 saturated carbocycles. The van der Waals surface area contributed by atoms with Crippen LogP contribution in [0.25, 0.3) is 10.8 Å². The van der Waals surface area contributed by atoms with Crippen molar-refractivity contribution in [2.75, 3.05) is 13.2 Å². The standard InChI is InChI=1S/C29H39NO8/c1-18-24(31)21(15-20-13-10-12-19-11-8-9-14-22(19)20)16-35-17-23(25(32)36-18)30(26(33)37-28(2,3)4)27(34)38-29(5,6)7/h8-14,18,21,23-24,31H,15-17H2,1-7H3/t18-,21-,23-,24-/m0/s1. The Kier molecular flexibility index (Phi) is 9.05. The summed E-state index contributed by atoms with van der Waals surface area (Å²) in [5.74, 6) is -1.32. The van der Waals surface area contributed by atoms with Gasteiger partial charge in [-0.15, -0.1) is 0 Å². The van der Waals surface area contributed by atoms with Gasteiger partial charge in [-0.2, -0.15) is 4.90 Å². The maximum absolute atomic E-state index is 13.2. The van der Waals surface area contributed by atoms with Gasteiger partial charge in [-0.05, 0) is 71.2 Å². The molecular weight excluding hydrogens is 490 g/mol. The molecule has 0 aliphatic carbocycles. The molecule has 2 aromatic rings. The van der Waals surface area contributed by atoms with Crippen LogP contribution in [0.3, 0.4) is 0 Å². The molecule has 0 spiro atoms.